The Morgan fingerprint density at radius 1 is 1.26 bits per heavy atom. The highest BCUT2D eigenvalue weighted by Crippen LogP contribution is 2.20. The average Bonchev–Trinajstić information content (AvgIpc) is 3.18. The summed E-state index contributed by atoms with van der Waals surface area (Å²) in [4.78, 5) is 29.5. The Kier molecular flexibility index (Phi) is 6.05. The molecule has 0 bridgehead atoms. The molecule has 0 aliphatic carbocycles. The third kappa shape index (κ3) is 4.82. The Morgan fingerprint density at radius 2 is 2.00 bits per heavy atom. The van der Waals surface area contributed by atoms with Gasteiger partial charge >= 0.3 is 0 Å². The summed E-state index contributed by atoms with van der Waals surface area (Å²) in [6.07, 6.45) is 2.08. The molecule has 0 saturated carbocycles. The topological polar surface area (TPSA) is 74.2 Å². The number of hydrogen-bond donors (Lipinski definition) is 1. The van der Waals surface area contributed by atoms with Crippen LogP contribution in [0.5, 0.6) is 0 Å². The van der Waals surface area contributed by atoms with Crippen LogP contribution in [0.1, 0.15) is 24.2 Å². The van der Waals surface area contributed by atoms with Crippen molar-refractivity contribution in [2.75, 3.05) is 37.0 Å². The maximum Gasteiger partial charge on any atom is 0.230 e. The van der Waals surface area contributed by atoms with Crippen molar-refractivity contribution in [1.29, 1.82) is 0 Å². The third-order valence-corrected chi connectivity index (χ3v) is 4.64. The first-order valence-electron chi connectivity index (χ1n) is 8.81. The molecule has 3 rings (SSSR count). The van der Waals surface area contributed by atoms with Gasteiger partial charge in [0.25, 0.3) is 0 Å². The molecule has 0 radical (unpaired) electrons. The number of amides is 1. The zero-order valence-corrected chi connectivity index (χ0v) is 16.1. The van der Waals surface area contributed by atoms with Gasteiger partial charge in [-0.1, -0.05) is 17.7 Å². The van der Waals surface area contributed by atoms with Crippen molar-refractivity contribution in [3.05, 3.63) is 40.4 Å². The fourth-order valence-electron chi connectivity index (χ4n) is 2.83. The summed E-state index contributed by atoms with van der Waals surface area (Å²) in [6, 6.07) is 4.35. The van der Waals surface area contributed by atoms with E-state index in [-0.39, 0.29) is 29.5 Å². The molecule has 27 heavy (non-hydrogen) atoms. The summed E-state index contributed by atoms with van der Waals surface area (Å²) in [5.41, 5.74) is 0.180. The van der Waals surface area contributed by atoms with Gasteiger partial charge in [0, 0.05) is 37.8 Å². The number of benzene rings is 1. The fraction of sp³-hybridized carbons (Fsp3) is 0.444. The van der Waals surface area contributed by atoms with Gasteiger partial charge in [0.2, 0.25) is 17.8 Å². The Bertz CT molecular complexity index is 805. The van der Waals surface area contributed by atoms with Gasteiger partial charge in [-0.15, -0.1) is 0 Å². The number of anilines is 2. The van der Waals surface area contributed by atoms with Gasteiger partial charge in [0.1, 0.15) is 5.82 Å². The van der Waals surface area contributed by atoms with Crippen molar-refractivity contribution in [3.8, 4) is 0 Å². The van der Waals surface area contributed by atoms with Crippen molar-refractivity contribution in [2.45, 2.75) is 25.8 Å². The molecule has 144 valence electrons. The van der Waals surface area contributed by atoms with Crippen molar-refractivity contribution in [1.82, 2.24) is 20.3 Å². The largest absolute Gasteiger partial charge is 0.349 e. The maximum absolute atomic E-state index is 13.8. The standard InChI is InChI=1S/C18H22ClFN6O/c1-25(2)17-22-15(23-18(24-17)26-8-3-4-9-26)11-21-16(27)10-12-13(19)6-5-7-14(12)20/h5-7H,3-4,8-11H2,1-2H3,(H,21,27). The smallest absolute Gasteiger partial charge is 0.230 e. The highest BCUT2D eigenvalue weighted by Gasteiger charge is 2.18. The van der Waals surface area contributed by atoms with Crippen LogP contribution >= 0.6 is 11.6 Å². The van der Waals surface area contributed by atoms with Gasteiger partial charge in [-0.05, 0) is 25.0 Å². The van der Waals surface area contributed by atoms with Crippen molar-refractivity contribution in [3.63, 3.8) is 0 Å². The maximum atomic E-state index is 13.8. The second kappa shape index (κ2) is 8.47. The Balaban J connectivity index is 1.70. The van der Waals surface area contributed by atoms with E-state index in [0.717, 1.165) is 25.9 Å². The zero-order valence-electron chi connectivity index (χ0n) is 15.4. The van der Waals surface area contributed by atoms with Crippen LogP contribution in [0.2, 0.25) is 5.02 Å². The van der Waals surface area contributed by atoms with Gasteiger partial charge < -0.3 is 15.1 Å². The molecule has 1 amide bonds. The van der Waals surface area contributed by atoms with E-state index in [9.17, 15) is 9.18 Å². The fourth-order valence-corrected chi connectivity index (χ4v) is 3.06. The lowest BCUT2D eigenvalue weighted by molar-refractivity contribution is -0.120. The van der Waals surface area contributed by atoms with Crippen LogP contribution in [0, 0.1) is 5.82 Å². The van der Waals surface area contributed by atoms with E-state index in [1.165, 1.54) is 12.1 Å². The predicted octanol–water partition coefficient (Wildman–Crippen LogP) is 2.19. The zero-order chi connectivity index (χ0) is 19.4. The van der Waals surface area contributed by atoms with Crippen molar-refractivity contribution < 1.29 is 9.18 Å². The lowest BCUT2D eigenvalue weighted by Gasteiger charge is -2.19. The summed E-state index contributed by atoms with van der Waals surface area (Å²) in [5.74, 6) is 0.769. The van der Waals surface area contributed by atoms with E-state index in [1.54, 1.807) is 11.0 Å². The van der Waals surface area contributed by atoms with E-state index in [0.29, 0.717) is 17.7 Å². The first kappa shape index (κ1) is 19.3. The van der Waals surface area contributed by atoms with Gasteiger partial charge in [-0.2, -0.15) is 15.0 Å². The molecule has 0 atom stereocenters. The summed E-state index contributed by atoms with van der Waals surface area (Å²) in [5, 5.41) is 2.96. The normalized spacial score (nSPS) is 13.7. The SMILES string of the molecule is CN(C)c1nc(CNC(=O)Cc2c(F)cccc2Cl)nc(N2CCCC2)n1. The van der Waals surface area contributed by atoms with Crippen LogP contribution in [0.4, 0.5) is 16.3 Å². The minimum atomic E-state index is -0.496. The van der Waals surface area contributed by atoms with Crippen LogP contribution < -0.4 is 15.1 Å². The highest BCUT2D eigenvalue weighted by molar-refractivity contribution is 6.31. The molecule has 1 aromatic heterocycles. The molecule has 2 aromatic rings. The number of carbonyl (C=O) groups is 1. The van der Waals surface area contributed by atoms with E-state index in [2.05, 4.69) is 25.2 Å². The highest BCUT2D eigenvalue weighted by atomic mass is 35.5. The summed E-state index contributed by atoms with van der Waals surface area (Å²) in [7, 11) is 3.71. The second-order valence-corrected chi connectivity index (χ2v) is 7.00. The number of halogens is 2. The van der Waals surface area contributed by atoms with Crippen molar-refractivity contribution >= 4 is 29.4 Å². The first-order valence-corrected chi connectivity index (χ1v) is 9.18. The molecule has 1 fully saturated rings. The Labute approximate surface area is 162 Å². The van der Waals surface area contributed by atoms with Gasteiger partial charge in [-0.3, -0.25) is 4.79 Å². The number of hydrogen-bond acceptors (Lipinski definition) is 6. The molecule has 7 nitrogen and oxygen atoms in total. The van der Waals surface area contributed by atoms with Gasteiger partial charge in [-0.25, -0.2) is 4.39 Å². The molecule has 0 unspecified atom stereocenters. The first-order chi connectivity index (χ1) is 12.9. The van der Waals surface area contributed by atoms with Crippen LogP contribution in [0.3, 0.4) is 0 Å². The van der Waals surface area contributed by atoms with E-state index in [1.807, 2.05) is 14.1 Å². The summed E-state index contributed by atoms with van der Waals surface area (Å²) >= 11 is 5.98. The lowest BCUT2D eigenvalue weighted by Crippen LogP contribution is -2.28. The molecule has 1 aliphatic rings. The van der Waals surface area contributed by atoms with Crippen molar-refractivity contribution in [2.24, 2.45) is 0 Å². The number of carbonyl (C=O) groups excluding carboxylic acids is 1. The van der Waals surface area contributed by atoms with E-state index >= 15 is 0 Å². The third-order valence-electron chi connectivity index (χ3n) is 4.29. The van der Waals surface area contributed by atoms with Gasteiger partial charge in [0.05, 0.1) is 13.0 Å². The van der Waals surface area contributed by atoms with Crippen LogP contribution in [-0.2, 0) is 17.8 Å². The van der Waals surface area contributed by atoms with Crippen LogP contribution in [0.25, 0.3) is 0 Å². The minimum absolute atomic E-state index is 0.134. The molecule has 2 heterocycles. The molecule has 9 heteroatoms. The minimum Gasteiger partial charge on any atom is -0.349 e. The average molecular weight is 393 g/mol. The monoisotopic (exact) mass is 392 g/mol. The lowest BCUT2D eigenvalue weighted by atomic mass is 10.1. The molecule has 1 saturated heterocycles. The molecule has 1 N–H and O–H groups in total. The van der Waals surface area contributed by atoms with E-state index < -0.39 is 5.82 Å². The molecular formula is C18H22ClFN6O. The number of nitrogens with zero attached hydrogens (tertiary/aromatic N) is 5. The number of rotatable bonds is 6. The Morgan fingerprint density at radius 3 is 2.67 bits per heavy atom. The predicted molar refractivity (Wildman–Crippen MR) is 103 cm³/mol. The summed E-state index contributed by atoms with van der Waals surface area (Å²) < 4.78 is 13.8. The van der Waals surface area contributed by atoms with Crippen LogP contribution in [-0.4, -0.2) is 48.0 Å². The molecule has 0 spiro atoms. The van der Waals surface area contributed by atoms with Gasteiger partial charge in [0.15, 0.2) is 5.82 Å². The number of nitrogens with one attached hydrogen (secondary N) is 1. The molecule has 1 aromatic carbocycles. The Hall–Kier alpha value is -2.48. The molecule has 1 aliphatic heterocycles. The second-order valence-electron chi connectivity index (χ2n) is 6.59. The van der Waals surface area contributed by atoms with E-state index in [4.69, 9.17) is 11.6 Å². The number of aromatic nitrogens is 3. The molecular weight excluding hydrogens is 371 g/mol. The quantitative estimate of drug-likeness (QED) is 0.812. The summed E-state index contributed by atoms with van der Waals surface area (Å²) in [6.45, 7) is 1.96. The van der Waals surface area contributed by atoms with Crippen LogP contribution in [0.15, 0.2) is 18.2 Å².